The minimum Gasteiger partial charge on any atom is -0.462 e. The van der Waals surface area contributed by atoms with Gasteiger partial charge in [-0.25, -0.2) is 8.42 Å². The molecule has 8 nitrogen and oxygen atoms in total. The number of fused-ring (bicyclic) bond motifs is 2. The molecule has 154 valence electrons. The average Bonchev–Trinajstić information content (AvgIpc) is 2.68. The molecule has 0 saturated carbocycles. The highest BCUT2D eigenvalue weighted by molar-refractivity contribution is 7.89. The van der Waals surface area contributed by atoms with Crippen molar-refractivity contribution in [1.82, 2.24) is 4.31 Å². The molecule has 1 aliphatic heterocycles. The number of anilines is 1. The van der Waals surface area contributed by atoms with Gasteiger partial charge < -0.3 is 9.73 Å². The zero-order valence-corrected chi connectivity index (χ0v) is 17.2. The number of carbonyl (C=O) groups excluding carboxylic acids is 2. The second-order valence-corrected chi connectivity index (χ2v) is 9.17. The van der Waals surface area contributed by atoms with Crippen molar-refractivity contribution >= 4 is 38.4 Å². The SMILES string of the molecule is Cc1cc(C)c2c(=O)c(NC(=O)C3C(=O)c4ccccc4S(=O)(=O)N3C)coc2c1. The Morgan fingerprint density at radius 1 is 1.13 bits per heavy atom. The van der Waals surface area contributed by atoms with Crippen molar-refractivity contribution in [2.45, 2.75) is 24.8 Å². The molecule has 0 radical (unpaired) electrons. The summed E-state index contributed by atoms with van der Waals surface area (Å²) < 4.78 is 31.7. The Balaban J connectivity index is 1.75. The summed E-state index contributed by atoms with van der Waals surface area (Å²) in [5, 5.41) is 2.68. The number of nitrogens with zero attached hydrogens (tertiary/aromatic N) is 1. The van der Waals surface area contributed by atoms with Crippen LogP contribution in [0.15, 0.2) is 56.8 Å². The third kappa shape index (κ3) is 2.94. The normalized spacial score (nSPS) is 18.2. The predicted molar refractivity (Wildman–Crippen MR) is 110 cm³/mol. The Bertz CT molecular complexity index is 1390. The van der Waals surface area contributed by atoms with Crippen molar-refractivity contribution in [3.63, 3.8) is 0 Å². The van der Waals surface area contributed by atoms with E-state index in [2.05, 4.69) is 5.32 Å². The lowest BCUT2D eigenvalue weighted by Gasteiger charge is -2.30. The molecule has 0 spiro atoms. The summed E-state index contributed by atoms with van der Waals surface area (Å²) in [6, 6.07) is 7.58. The molecular formula is C21H18N2O6S. The number of nitrogens with one attached hydrogen (secondary N) is 1. The average molecular weight is 426 g/mol. The van der Waals surface area contributed by atoms with Gasteiger partial charge in [-0.1, -0.05) is 18.2 Å². The summed E-state index contributed by atoms with van der Waals surface area (Å²) >= 11 is 0. The highest BCUT2D eigenvalue weighted by Crippen LogP contribution is 2.29. The second-order valence-electron chi connectivity index (χ2n) is 7.21. The third-order valence-corrected chi connectivity index (χ3v) is 7.03. The van der Waals surface area contributed by atoms with Gasteiger partial charge in [0.25, 0.3) is 5.91 Å². The maximum Gasteiger partial charge on any atom is 0.251 e. The van der Waals surface area contributed by atoms with Gasteiger partial charge in [0.05, 0.1) is 10.3 Å². The molecule has 1 aliphatic rings. The molecule has 1 atom stereocenters. The fourth-order valence-electron chi connectivity index (χ4n) is 3.70. The second kappa shape index (κ2) is 6.89. The zero-order valence-electron chi connectivity index (χ0n) is 16.4. The van der Waals surface area contributed by atoms with Gasteiger partial charge in [-0.2, -0.15) is 4.31 Å². The molecule has 0 saturated heterocycles. The topological polar surface area (TPSA) is 114 Å². The number of likely N-dealkylation sites (N-methyl/N-ethyl adjacent to an activating group) is 1. The fourth-order valence-corrected chi connectivity index (χ4v) is 5.17. The van der Waals surface area contributed by atoms with E-state index in [1.54, 1.807) is 13.0 Å². The summed E-state index contributed by atoms with van der Waals surface area (Å²) in [5.41, 5.74) is 1.26. The van der Waals surface area contributed by atoms with E-state index in [1.165, 1.54) is 24.3 Å². The van der Waals surface area contributed by atoms with E-state index in [0.29, 0.717) is 20.8 Å². The highest BCUT2D eigenvalue weighted by atomic mass is 32.2. The molecule has 1 amide bonds. The zero-order chi connectivity index (χ0) is 21.8. The van der Waals surface area contributed by atoms with Gasteiger partial charge >= 0.3 is 0 Å². The molecule has 0 fully saturated rings. The smallest absolute Gasteiger partial charge is 0.251 e. The first-order valence-corrected chi connectivity index (χ1v) is 10.5. The molecule has 0 bridgehead atoms. The van der Waals surface area contributed by atoms with Crippen LogP contribution in [0.2, 0.25) is 0 Å². The first-order valence-electron chi connectivity index (χ1n) is 9.08. The van der Waals surface area contributed by atoms with E-state index in [9.17, 15) is 22.8 Å². The van der Waals surface area contributed by atoms with Crippen LogP contribution in [-0.4, -0.2) is 37.5 Å². The number of rotatable bonds is 2. The number of hydrogen-bond acceptors (Lipinski definition) is 6. The fraction of sp³-hybridized carbons (Fsp3) is 0.190. The van der Waals surface area contributed by atoms with E-state index in [4.69, 9.17) is 4.42 Å². The molecule has 1 unspecified atom stereocenters. The number of hydrogen-bond donors (Lipinski definition) is 1. The number of carbonyl (C=O) groups is 2. The minimum atomic E-state index is -4.05. The number of amides is 1. The quantitative estimate of drug-likeness (QED) is 0.629. The molecule has 2 aromatic carbocycles. The van der Waals surface area contributed by atoms with Gasteiger partial charge in [-0.15, -0.1) is 0 Å². The van der Waals surface area contributed by atoms with E-state index in [1.807, 2.05) is 13.0 Å². The Labute approximate surface area is 172 Å². The summed E-state index contributed by atoms with van der Waals surface area (Å²) in [6.45, 7) is 3.62. The van der Waals surface area contributed by atoms with Crippen LogP contribution in [0, 0.1) is 13.8 Å². The monoisotopic (exact) mass is 426 g/mol. The lowest BCUT2D eigenvalue weighted by Crippen LogP contribution is -2.53. The van der Waals surface area contributed by atoms with Crippen LogP contribution in [0.25, 0.3) is 11.0 Å². The molecular weight excluding hydrogens is 408 g/mol. The largest absolute Gasteiger partial charge is 0.462 e. The Morgan fingerprint density at radius 2 is 1.83 bits per heavy atom. The Morgan fingerprint density at radius 3 is 2.57 bits per heavy atom. The van der Waals surface area contributed by atoms with Gasteiger partial charge in [0.1, 0.15) is 17.5 Å². The van der Waals surface area contributed by atoms with Crippen LogP contribution in [0.5, 0.6) is 0 Å². The number of sulfonamides is 1. The van der Waals surface area contributed by atoms with Crippen LogP contribution in [-0.2, 0) is 14.8 Å². The predicted octanol–water partition coefficient (Wildman–Crippen LogP) is 2.23. The first-order chi connectivity index (χ1) is 14.1. The summed E-state index contributed by atoms with van der Waals surface area (Å²) in [7, 11) is -2.89. The summed E-state index contributed by atoms with van der Waals surface area (Å²) in [5.74, 6) is -1.60. The molecule has 3 aromatic rings. The first kappa shape index (κ1) is 20.0. The molecule has 2 heterocycles. The van der Waals surface area contributed by atoms with Crippen molar-refractivity contribution in [2.24, 2.45) is 0 Å². The van der Waals surface area contributed by atoms with Crippen LogP contribution >= 0.6 is 0 Å². The van der Waals surface area contributed by atoms with Gasteiger partial charge in [-0.3, -0.25) is 14.4 Å². The van der Waals surface area contributed by atoms with Crippen LogP contribution < -0.4 is 10.7 Å². The minimum absolute atomic E-state index is 0.0624. The number of benzene rings is 2. The number of ketones is 1. The lowest BCUT2D eigenvalue weighted by atomic mass is 10.0. The maximum atomic E-state index is 12.9. The van der Waals surface area contributed by atoms with Gasteiger partial charge in [0.2, 0.25) is 15.5 Å². The number of Topliss-reactive ketones (excluding diaryl/α,β-unsaturated/α-hetero) is 1. The molecule has 30 heavy (non-hydrogen) atoms. The third-order valence-electron chi connectivity index (χ3n) is 5.15. The highest BCUT2D eigenvalue weighted by Gasteiger charge is 2.45. The molecule has 0 aliphatic carbocycles. The molecule has 1 N–H and O–H groups in total. The standard InChI is InChI=1S/C21H18N2O6S/c1-11-8-12(2)17-15(9-11)29-10-14(20(17)25)22-21(26)18-19(24)13-6-4-5-7-16(13)30(27,28)23(18)3/h4-10,18H,1-3H3,(H,22,26). The number of aryl methyl sites for hydroxylation is 2. The van der Waals surface area contributed by atoms with Crippen molar-refractivity contribution in [2.75, 3.05) is 12.4 Å². The molecule has 9 heteroatoms. The summed E-state index contributed by atoms with van der Waals surface area (Å²) in [4.78, 5) is 38.5. The van der Waals surface area contributed by atoms with Crippen LogP contribution in [0.4, 0.5) is 5.69 Å². The van der Waals surface area contributed by atoms with E-state index >= 15 is 0 Å². The Kier molecular flexibility index (Phi) is 4.59. The van der Waals surface area contributed by atoms with Crippen LogP contribution in [0.3, 0.4) is 0 Å². The van der Waals surface area contributed by atoms with Crippen molar-refractivity contribution in [3.05, 3.63) is 69.6 Å². The lowest BCUT2D eigenvalue weighted by molar-refractivity contribution is -0.118. The van der Waals surface area contributed by atoms with Crippen molar-refractivity contribution in [3.8, 4) is 0 Å². The maximum absolute atomic E-state index is 12.9. The van der Waals surface area contributed by atoms with Crippen molar-refractivity contribution < 1.29 is 22.4 Å². The molecule has 1 aromatic heterocycles. The van der Waals surface area contributed by atoms with E-state index in [0.717, 1.165) is 18.9 Å². The summed E-state index contributed by atoms with van der Waals surface area (Å²) in [6.07, 6.45) is 1.09. The van der Waals surface area contributed by atoms with E-state index in [-0.39, 0.29) is 16.1 Å². The molecule has 4 rings (SSSR count). The van der Waals surface area contributed by atoms with Crippen LogP contribution in [0.1, 0.15) is 21.5 Å². The van der Waals surface area contributed by atoms with Crippen molar-refractivity contribution in [1.29, 1.82) is 0 Å². The Hall–Kier alpha value is -3.30. The van der Waals surface area contributed by atoms with E-state index < -0.39 is 33.2 Å². The van der Waals surface area contributed by atoms with Gasteiger partial charge in [-0.05, 0) is 43.2 Å². The van der Waals surface area contributed by atoms with Gasteiger partial charge in [0, 0.05) is 12.6 Å². The van der Waals surface area contributed by atoms with Gasteiger partial charge in [0.15, 0.2) is 11.8 Å².